The fourth-order valence-corrected chi connectivity index (χ4v) is 5.89. The number of fused-ring (bicyclic) bond motifs is 1. The number of benzene rings is 2. The predicted octanol–water partition coefficient (Wildman–Crippen LogP) is 4.04. The van der Waals surface area contributed by atoms with Gasteiger partial charge in [0, 0.05) is 18.8 Å². The topological polar surface area (TPSA) is 75.7 Å². The average molecular weight is 455 g/mol. The van der Waals surface area contributed by atoms with Crippen LogP contribution < -0.4 is 5.32 Å². The molecule has 32 heavy (non-hydrogen) atoms. The molecule has 0 saturated carbocycles. The minimum absolute atomic E-state index is 0.182. The van der Waals surface area contributed by atoms with Crippen LogP contribution in [0.2, 0.25) is 0 Å². The van der Waals surface area contributed by atoms with Crippen molar-refractivity contribution >= 4 is 27.7 Å². The summed E-state index contributed by atoms with van der Waals surface area (Å²) < 4.78 is 34.2. The number of nitrogens with zero attached hydrogens (tertiary/aromatic N) is 1. The molecule has 170 valence electrons. The summed E-state index contributed by atoms with van der Waals surface area (Å²) in [5.74, 6) is -0.350. The first-order valence-corrected chi connectivity index (χ1v) is 12.5. The Morgan fingerprint density at radius 1 is 1.12 bits per heavy atom. The van der Waals surface area contributed by atoms with Gasteiger partial charge in [-0.05, 0) is 73.9 Å². The van der Waals surface area contributed by atoms with Gasteiger partial charge in [-0.25, -0.2) is 8.42 Å². The first-order valence-electron chi connectivity index (χ1n) is 11.1. The number of hydrogen-bond donors (Lipinski definition) is 1. The Morgan fingerprint density at radius 3 is 2.72 bits per heavy atom. The molecular weight excluding hydrogens is 424 g/mol. The van der Waals surface area contributed by atoms with Gasteiger partial charge in [0.05, 0.1) is 17.6 Å². The summed E-state index contributed by atoms with van der Waals surface area (Å²) in [6.45, 7) is 4.49. The summed E-state index contributed by atoms with van der Waals surface area (Å²) in [5.41, 5.74) is 4.81. The lowest BCUT2D eigenvalue weighted by atomic mass is 9.98. The Balaban J connectivity index is 1.58. The predicted molar refractivity (Wildman–Crippen MR) is 127 cm³/mol. The number of ether oxygens (including phenoxy) is 1. The van der Waals surface area contributed by atoms with E-state index in [1.165, 1.54) is 4.31 Å². The van der Waals surface area contributed by atoms with Crippen molar-refractivity contribution in [1.82, 2.24) is 4.31 Å². The van der Waals surface area contributed by atoms with Gasteiger partial charge in [0.2, 0.25) is 15.9 Å². The molecule has 0 aromatic heterocycles. The minimum Gasteiger partial charge on any atom is -0.377 e. The van der Waals surface area contributed by atoms with Crippen LogP contribution in [0.1, 0.15) is 41.5 Å². The second-order valence-electron chi connectivity index (χ2n) is 8.54. The number of aryl methyl sites for hydroxylation is 2. The third-order valence-electron chi connectivity index (χ3n) is 6.31. The molecule has 1 atom stereocenters. The van der Waals surface area contributed by atoms with E-state index in [0.717, 1.165) is 35.1 Å². The normalized spacial score (nSPS) is 18.3. The lowest BCUT2D eigenvalue weighted by molar-refractivity contribution is -0.116. The molecule has 6 nitrogen and oxygen atoms in total. The molecule has 2 aromatic rings. The maximum Gasteiger partial charge on any atom is 0.239 e. The van der Waals surface area contributed by atoms with Gasteiger partial charge in [-0.1, -0.05) is 36.4 Å². The fourth-order valence-electron chi connectivity index (χ4n) is 4.27. The van der Waals surface area contributed by atoms with Gasteiger partial charge in [-0.3, -0.25) is 4.79 Å². The molecule has 1 aliphatic heterocycles. The highest BCUT2D eigenvalue weighted by Gasteiger charge is 2.33. The van der Waals surface area contributed by atoms with Gasteiger partial charge in [0.1, 0.15) is 0 Å². The molecule has 1 heterocycles. The smallest absolute Gasteiger partial charge is 0.239 e. The standard InChI is InChI=1S/C25H30N2O4S/c1-18-7-5-11-24(19(18)2)26-25(28)17-27(16-22-10-6-14-31-22)32(29,30)23-13-12-20-8-3-4-9-21(20)15-23/h3-5,7-9,11,15,22H,6,10,12-14,16-17H2,1-2H3,(H,26,28)/t22-/m1/s1. The lowest BCUT2D eigenvalue weighted by Crippen LogP contribution is -2.43. The van der Waals surface area contributed by atoms with Gasteiger partial charge < -0.3 is 10.1 Å². The summed E-state index contributed by atoms with van der Waals surface area (Å²) in [7, 11) is -3.81. The number of anilines is 1. The summed E-state index contributed by atoms with van der Waals surface area (Å²) in [6.07, 6.45) is 4.37. The second kappa shape index (κ2) is 9.57. The number of carbonyl (C=O) groups is 1. The van der Waals surface area contributed by atoms with Crippen LogP contribution in [0.5, 0.6) is 0 Å². The van der Waals surface area contributed by atoms with Crippen molar-refractivity contribution in [2.75, 3.05) is 25.0 Å². The molecule has 4 rings (SSSR count). The van der Waals surface area contributed by atoms with Crippen LogP contribution in [0, 0.1) is 13.8 Å². The second-order valence-corrected chi connectivity index (χ2v) is 10.5. The van der Waals surface area contributed by atoms with E-state index < -0.39 is 10.0 Å². The molecule has 2 aliphatic rings. The van der Waals surface area contributed by atoms with Crippen LogP contribution in [0.25, 0.3) is 6.08 Å². The van der Waals surface area contributed by atoms with E-state index in [4.69, 9.17) is 4.74 Å². The van der Waals surface area contributed by atoms with E-state index in [1.54, 1.807) is 6.08 Å². The lowest BCUT2D eigenvalue weighted by Gasteiger charge is -2.27. The molecule has 0 radical (unpaired) electrons. The van der Waals surface area contributed by atoms with Crippen LogP contribution in [0.3, 0.4) is 0 Å². The first-order chi connectivity index (χ1) is 15.3. The zero-order valence-corrected chi connectivity index (χ0v) is 19.5. The molecule has 0 unspecified atom stereocenters. The van der Waals surface area contributed by atoms with E-state index in [9.17, 15) is 13.2 Å². The quantitative estimate of drug-likeness (QED) is 0.685. The number of amides is 1. The SMILES string of the molecule is Cc1cccc(NC(=O)CN(C[C@H]2CCCO2)S(=O)(=O)C2=Cc3ccccc3CC2)c1C. The Bertz CT molecular complexity index is 1130. The number of nitrogens with one attached hydrogen (secondary N) is 1. The molecule has 1 aliphatic carbocycles. The van der Waals surface area contributed by atoms with Crippen LogP contribution in [0.15, 0.2) is 47.4 Å². The third kappa shape index (κ3) is 4.95. The zero-order valence-electron chi connectivity index (χ0n) is 18.6. The molecule has 0 bridgehead atoms. The zero-order chi connectivity index (χ0) is 22.7. The summed E-state index contributed by atoms with van der Waals surface area (Å²) in [5, 5.41) is 2.89. The maximum atomic E-state index is 13.6. The van der Waals surface area contributed by atoms with Crippen molar-refractivity contribution in [1.29, 1.82) is 0 Å². The van der Waals surface area contributed by atoms with Gasteiger partial charge in [0.15, 0.2) is 0 Å². The largest absolute Gasteiger partial charge is 0.377 e. The highest BCUT2D eigenvalue weighted by atomic mass is 32.2. The van der Waals surface area contributed by atoms with Gasteiger partial charge in [-0.2, -0.15) is 4.31 Å². The minimum atomic E-state index is -3.81. The third-order valence-corrected chi connectivity index (χ3v) is 8.26. The molecule has 1 fully saturated rings. The van der Waals surface area contributed by atoms with E-state index in [1.807, 2.05) is 56.3 Å². The summed E-state index contributed by atoms with van der Waals surface area (Å²) in [6, 6.07) is 13.5. The molecular formula is C25H30N2O4S. The summed E-state index contributed by atoms with van der Waals surface area (Å²) >= 11 is 0. The van der Waals surface area contributed by atoms with Crippen molar-refractivity contribution in [2.24, 2.45) is 0 Å². The molecule has 1 N–H and O–H groups in total. The van der Waals surface area contributed by atoms with E-state index in [-0.39, 0.29) is 25.1 Å². The monoisotopic (exact) mass is 454 g/mol. The molecule has 1 amide bonds. The van der Waals surface area contributed by atoms with Crippen molar-refractivity contribution in [2.45, 2.75) is 45.6 Å². The highest BCUT2D eigenvalue weighted by molar-refractivity contribution is 7.93. The average Bonchev–Trinajstić information content (AvgIpc) is 3.29. The van der Waals surface area contributed by atoms with E-state index in [0.29, 0.717) is 30.0 Å². The molecule has 0 spiro atoms. The number of rotatable bonds is 7. The molecule has 1 saturated heterocycles. The van der Waals surface area contributed by atoms with Crippen LogP contribution >= 0.6 is 0 Å². The number of allylic oxidation sites excluding steroid dienone is 1. The summed E-state index contributed by atoms with van der Waals surface area (Å²) in [4.78, 5) is 13.3. The highest BCUT2D eigenvalue weighted by Crippen LogP contribution is 2.30. The number of hydrogen-bond acceptors (Lipinski definition) is 4. The maximum absolute atomic E-state index is 13.6. The Kier molecular flexibility index (Phi) is 6.79. The number of sulfonamides is 1. The first kappa shape index (κ1) is 22.7. The fraction of sp³-hybridized carbons (Fsp3) is 0.400. The van der Waals surface area contributed by atoms with Gasteiger partial charge >= 0.3 is 0 Å². The van der Waals surface area contributed by atoms with Crippen LogP contribution in [0.4, 0.5) is 5.69 Å². The van der Waals surface area contributed by atoms with Gasteiger partial charge in [0.25, 0.3) is 0 Å². The van der Waals surface area contributed by atoms with Crippen molar-refractivity contribution in [3.63, 3.8) is 0 Å². The number of carbonyl (C=O) groups excluding carboxylic acids is 1. The van der Waals surface area contributed by atoms with Gasteiger partial charge in [-0.15, -0.1) is 0 Å². The van der Waals surface area contributed by atoms with E-state index >= 15 is 0 Å². The van der Waals surface area contributed by atoms with Crippen LogP contribution in [-0.4, -0.2) is 44.4 Å². The van der Waals surface area contributed by atoms with Crippen LogP contribution in [-0.2, 0) is 26.0 Å². The molecule has 2 aromatic carbocycles. The van der Waals surface area contributed by atoms with E-state index in [2.05, 4.69) is 5.32 Å². The van der Waals surface area contributed by atoms with Crippen molar-refractivity contribution < 1.29 is 17.9 Å². The Labute approximate surface area is 190 Å². The molecule has 7 heteroatoms. The Morgan fingerprint density at radius 2 is 1.94 bits per heavy atom. The Hall–Kier alpha value is -2.48. The van der Waals surface area contributed by atoms with Crippen molar-refractivity contribution in [3.8, 4) is 0 Å². The van der Waals surface area contributed by atoms with Crippen molar-refractivity contribution in [3.05, 3.63) is 69.6 Å².